The lowest BCUT2D eigenvalue weighted by Crippen LogP contribution is -2.30. The fourth-order valence-electron chi connectivity index (χ4n) is 3.16. The van der Waals surface area contributed by atoms with Crippen LogP contribution in [0.25, 0.3) is 0 Å². The second kappa shape index (κ2) is 8.45. The SMILES string of the molecule is O=C(NCc1ccccc1CN1CCCCC1)c1ccccc1Br. The first kappa shape index (κ1) is 17.2. The lowest BCUT2D eigenvalue weighted by molar-refractivity contribution is 0.0950. The van der Waals surface area contributed by atoms with E-state index in [1.807, 2.05) is 30.3 Å². The maximum atomic E-state index is 12.4. The van der Waals surface area contributed by atoms with E-state index in [-0.39, 0.29) is 5.91 Å². The summed E-state index contributed by atoms with van der Waals surface area (Å²) in [7, 11) is 0. The Morgan fingerprint density at radius 3 is 2.38 bits per heavy atom. The minimum atomic E-state index is -0.0461. The van der Waals surface area contributed by atoms with Gasteiger partial charge in [-0.15, -0.1) is 0 Å². The van der Waals surface area contributed by atoms with E-state index in [0.717, 1.165) is 11.0 Å². The quantitative estimate of drug-likeness (QED) is 0.827. The molecule has 1 aliphatic rings. The highest BCUT2D eigenvalue weighted by Gasteiger charge is 2.13. The molecule has 0 saturated carbocycles. The maximum Gasteiger partial charge on any atom is 0.252 e. The number of carbonyl (C=O) groups excluding carboxylic acids is 1. The molecule has 2 aromatic carbocycles. The van der Waals surface area contributed by atoms with Crippen molar-refractivity contribution in [2.45, 2.75) is 32.4 Å². The predicted molar refractivity (Wildman–Crippen MR) is 101 cm³/mol. The normalized spacial score (nSPS) is 15.2. The van der Waals surface area contributed by atoms with Gasteiger partial charge < -0.3 is 5.32 Å². The molecule has 0 aliphatic carbocycles. The Labute approximate surface area is 152 Å². The van der Waals surface area contributed by atoms with Crippen LogP contribution in [0.5, 0.6) is 0 Å². The second-order valence-corrected chi connectivity index (χ2v) is 7.12. The monoisotopic (exact) mass is 386 g/mol. The molecule has 1 N–H and O–H groups in total. The number of likely N-dealkylation sites (tertiary alicyclic amines) is 1. The second-order valence-electron chi connectivity index (χ2n) is 6.27. The van der Waals surface area contributed by atoms with Gasteiger partial charge in [-0.05, 0) is 65.1 Å². The number of nitrogens with one attached hydrogen (secondary N) is 1. The van der Waals surface area contributed by atoms with E-state index in [2.05, 4.69) is 44.3 Å². The van der Waals surface area contributed by atoms with Crippen LogP contribution in [0.15, 0.2) is 53.0 Å². The Morgan fingerprint density at radius 1 is 0.958 bits per heavy atom. The summed E-state index contributed by atoms with van der Waals surface area (Å²) >= 11 is 3.44. The summed E-state index contributed by atoms with van der Waals surface area (Å²) in [6.07, 6.45) is 3.93. The van der Waals surface area contributed by atoms with Gasteiger partial charge in [0, 0.05) is 17.6 Å². The summed E-state index contributed by atoms with van der Waals surface area (Å²) in [6.45, 7) is 3.89. The molecule has 3 nitrogen and oxygen atoms in total. The van der Waals surface area contributed by atoms with Crippen molar-refractivity contribution in [1.29, 1.82) is 0 Å². The van der Waals surface area contributed by atoms with E-state index in [4.69, 9.17) is 0 Å². The lowest BCUT2D eigenvalue weighted by Gasteiger charge is -2.27. The molecule has 126 valence electrons. The van der Waals surface area contributed by atoms with Gasteiger partial charge in [-0.1, -0.05) is 42.8 Å². The molecule has 24 heavy (non-hydrogen) atoms. The third-order valence-electron chi connectivity index (χ3n) is 4.52. The van der Waals surface area contributed by atoms with Crippen LogP contribution in [-0.4, -0.2) is 23.9 Å². The molecule has 0 bridgehead atoms. The van der Waals surface area contributed by atoms with Crippen molar-refractivity contribution in [2.24, 2.45) is 0 Å². The Morgan fingerprint density at radius 2 is 1.62 bits per heavy atom. The number of piperidine rings is 1. The van der Waals surface area contributed by atoms with Crippen molar-refractivity contribution in [3.63, 3.8) is 0 Å². The van der Waals surface area contributed by atoms with Gasteiger partial charge in [0.1, 0.15) is 0 Å². The summed E-state index contributed by atoms with van der Waals surface area (Å²) in [5.41, 5.74) is 3.18. The van der Waals surface area contributed by atoms with Crippen molar-refractivity contribution < 1.29 is 4.79 Å². The molecule has 0 spiro atoms. The topological polar surface area (TPSA) is 32.3 Å². The van der Waals surface area contributed by atoms with Crippen molar-refractivity contribution in [2.75, 3.05) is 13.1 Å². The van der Waals surface area contributed by atoms with Gasteiger partial charge in [-0.2, -0.15) is 0 Å². The molecule has 1 aliphatic heterocycles. The molecular formula is C20H23BrN2O. The van der Waals surface area contributed by atoms with Gasteiger partial charge in [0.05, 0.1) is 5.56 Å². The number of amides is 1. The van der Waals surface area contributed by atoms with Crippen LogP contribution in [0.2, 0.25) is 0 Å². The zero-order valence-electron chi connectivity index (χ0n) is 13.8. The van der Waals surface area contributed by atoms with Crippen LogP contribution in [-0.2, 0) is 13.1 Å². The number of hydrogen-bond donors (Lipinski definition) is 1. The van der Waals surface area contributed by atoms with E-state index in [1.54, 1.807) is 0 Å². The molecule has 1 fully saturated rings. The Balaban J connectivity index is 1.64. The van der Waals surface area contributed by atoms with Crippen LogP contribution >= 0.6 is 15.9 Å². The minimum Gasteiger partial charge on any atom is -0.348 e. The highest BCUT2D eigenvalue weighted by atomic mass is 79.9. The molecule has 2 aromatic rings. The molecule has 1 amide bonds. The Kier molecular flexibility index (Phi) is 6.05. The van der Waals surface area contributed by atoms with E-state index in [9.17, 15) is 4.79 Å². The van der Waals surface area contributed by atoms with Gasteiger partial charge >= 0.3 is 0 Å². The Bertz CT molecular complexity index is 696. The van der Waals surface area contributed by atoms with Crippen molar-refractivity contribution in [1.82, 2.24) is 10.2 Å². The molecule has 0 aromatic heterocycles. The standard InChI is InChI=1S/C20H23BrN2O/c21-19-11-5-4-10-18(19)20(24)22-14-16-8-2-3-9-17(16)15-23-12-6-1-7-13-23/h2-5,8-11H,1,6-7,12-15H2,(H,22,24). The zero-order chi connectivity index (χ0) is 16.8. The smallest absolute Gasteiger partial charge is 0.252 e. The first-order valence-corrected chi connectivity index (χ1v) is 9.35. The number of rotatable bonds is 5. The number of nitrogens with zero attached hydrogens (tertiary/aromatic N) is 1. The van der Waals surface area contributed by atoms with Crippen LogP contribution in [0, 0.1) is 0 Å². The largest absolute Gasteiger partial charge is 0.348 e. The summed E-state index contributed by atoms with van der Waals surface area (Å²) < 4.78 is 0.823. The van der Waals surface area contributed by atoms with Crippen LogP contribution < -0.4 is 5.32 Å². The molecule has 1 saturated heterocycles. The van der Waals surface area contributed by atoms with Gasteiger partial charge in [0.2, 0.25) is 0 Å². The van der Waals surface area contributed by atoms with Crippen molar-refractivity contribution >= 4 is 21.8 Å². The van der Waals surface area contributed by atoms with Crippen molar-refractivity contribution in [3.8, 4) is 0 Å². The highest BCUT2D eigenvalue weighted by molar-refractivity contribution is 9.10. The molecule has 1 heterocycles. The summed E-state index contributed by atoms with van der Waals surface area (Å²) in [5.74, 6) is -0.0461. The molecule has 0 unspecified atom stereocenters. The van der Waals surface area contributed by atoms with Crippen LogP contribution in [0.1, 0.15) is 40.7 Å². The summed E-state index contributed by atoms with van der Waals surface area (Å²) in [6, 6.07) is 15.9. The molecule has 3 rings (SSSR count). The van der Waals surface area contributed by atoms with Crippen LogP contribution in [0.3, 0.4) is 0 Å². The third-order valence-corrected chi connectivity index (χ3v) is 5.21. The average molecular weight is 387 g/mol. The van der Waals surface area contributed by atoms with E-state index in [0.29, 0.717) is 12.1 Å². The number of carbonyl (C=O) groups is 1. The van der Waals surface area contributed by atoms with Crippen LogP contribution in [0.4, 0.5) is 0 Å². The lowest BCUT2D eigenvalue weighted by atomic mass is 10.0. The first-order valence-electron chi connectivity index (χ1n) is 8.56. The zero-order valence-corrected chi connectivity index (χ0v) is 15.4. The van der Waals surface area contributed by atoms with Gasteiger partial charge in [-0.25, -0.2) is 0 Å². The molecule has 0 atom stereocenters. The summed E-state index contributed by atoms with van der Waals surface area (Å²) in [5, 5.41) is 3.05. The number of halogens is 1. The number of hydrogen-bond acceptors (Lipinski definition) is 2. The molecule has 0 radical (unpaired) electrons. The predicted octanol–water partition coefficient (Wildman–Crippen LogP) is 4.37. The van der Waals surface area contributed by atoms with E-state index in [1.165, 1.54) is 43.5 Å². The van der Waals surface area contributed by atoms with Gasteiger partial charge in [-0.3, -0.25) is 9.69 Å². The molecule has 4 heteroatoms. The molecular weight excluding hydrogens is 364 g/mol. The minimum absolute atomic E-state index is 0.0461. The third kappa shape index (κ3) is 4.46. The summed E-state index contributed by atoms with van der Waals surface area (Å²) in [4.78, 5) is 14.9. The average Bonchev–Trinajstić information content (AvgIpc) is 2.62. The maximum absolute atomic E-state index is 12.4. The van der Waals surface area contributed by atoms with Gasteiger partial charge in [0.15, 0.2) is 0 Å². The van der Waals surface area contributed by atoms with Gasteiger partial charge in [0.25, 0.3) is 5.91 Å². The Hall–Kier alpha value is -1.65. The fraction of sp³-hybridized carbons (Fsp3) is 0.350. The highest BCUT2D eigenvalue weighted by Crippen LogP contribution is 2.18. The number of benzene rings is 2. The van der Waals surface area contributed by atoms with E-state index >= 15 is 0 Å². The van der Waals surface area contributed by atoms with Crippen molar-refractivity contribution in [3.05, 3.63) is 69.7 Å². The fourth-order valence-corrected chi connectivity index (χ4v) is 3.62. The first-order chi connectivity index (χ1) is 11.7. The van der Waals surface area contributed by atoms with E-state index < -0.39 is 0 Å².